The molecule has 1 aliphatic rings. The second kappa shape index (κ2) is 7.85. The molecule has 3 aromatic rings. The molecule has 1 aromatic heterocycles. The van der Waals surface area contributed by atoms with Gasteiger partial charge in [-0.25, -0.2) is 0 Å². The molecule has 1 unspecified atom stereocenters. The van der Waals surface area contributed by atoms with Crippen molar-refractivity contribution in [2.45, 2.75) is 19.3 Å². The maximum Gasteiger partial charge on any atom is 0.269 e. The summed E-state index contributed by atoms with van der Waals surface area (Å²) in [6.07, 6.45) is 0.214. The number of aromatic nitrogens is 1. The Hall–Kier alpha value is -4.12. The molecule has 32 heavy (non-hydrogen) atoms. The predicted molar refractivity (Wildman–Crippen MR) is 123 cm³/mol. The normalized spacial score (nSPS) is 15.5. The van der Waals surface area contributed by atoms with Crippen molar-refractivity contribution in [3.8, 4) is 6.07 Å². The number of nitro benzene ring substituents is 1. The van der Waals surface area contributed by atoms with E-state index in [1.54, 1.807) is 12.1 Å². The Morgan fingerprint density at radius 3 is 2.41 bits per heavy atom. The molecule has 0 N–H and O–H groups in total. The van der Waals surface area contributed by atoms with Crippen LogP contribution in [0.2, 0.25) is 0 Å². The number of Topliss-reactive ketones (excluding diaryl/α,β-unsaturated/α-hetero) is 1. The number of hydrogen-bond acceptors (Lipinski definition) is 6. The van der Waals surface area contributed by atoms with Gasteiger partial charge in [-0.05, 0) is 25.1 Å². The highest BCUT2D eigenvalue weighted by molar-refractivity contribution is 6.00. The van der Waals surface area contributed by atoms with E-state index in [9.17, 15) is 20.2 Å². The van der Waals surface area contributed by atoms with Gasteiger partial charge >= 0.3 is 0 Å². The first-order valence-corrected chi connectivity index (χ1v) is 10.2. The van der Waals surface area contributed by atoms with Crippen LogP contribution in [0.5, 0.6) is 0 Å². The number of carbonyl (C=O) groups is 1. The molecule has 0 radical (unpaired) electrons. The summed E-state index contributed by atoms with van der Waals surface area (Å²) in [6.45, 7) is 1.54. The lowest BCUT2D eigenvalue weighted by Crippen LogP contribution is -2.35. The monoisotopic (exact) mass is 429 g/mol. The highest BCUT2D eigenvalue weighted by Crippen LogP contribution is 2.50. The van der Waals surface area contributed by atoms with Gasteiger partial charge in [0.15, 0.2) is 0 Å². The van der Waals surface area contributed by atoms with Crippen LogP contribution in [0.3, 0.4) is 0 Å². The lowest BCUT2D eigenvalue weighted by atomic mass is 9.86. The molecule has 0 saturated heterocycles. The molecule has 8 nitrogen and oxygen atoms in total. The van der Waals surface area contributed by atoms with Gasteiger partial charge < -0.3 is 9.47 Å². The number of aryl methyl sites for hydroxylation is 1. The number of ketones is 1. The molecule has 162 valence electrons. The van der Waals surface area contributed by atoms with Crippen molar-refractivity contribution in [1.29, 1.82) is 5.26 Å². The summed E-state index contributed by atoms with van der Waals surface area (Å²) in [5, 5.41) is 22.4. The summed E-state index contributed by atoms with van der Waals surface area (Å²) in [6, 6.07) is 16.6. The minimum Gasteiger partial charge on any atom is -0.363 e. The number of nitro groups is 1. The number of nitrogens with zero attached hydrogens (tertiary/aromatic N) is 5. The quantitative estimate of drug-likeness (QED) is 0.435. The number of nitriles is 1. The van der Waals surface area contributed by atoms with Crippen LogP contribution in [-0.4, -0.2) is 34.3 Å². The van der Waals surface area contributed by atoms with Gasteiger partial charge in [0, 0.05) is 56.7 Å². The van der Waals surface area contributed by atoms with Gasteiger partial charge in [-0.2, -0.15) is 5.26 Å². The minimum atomic E-state index is -0.435. The number of para-hydroxylation sites is 1. The molecule has 0 bridgehead atoms. The average molecular weight is 429 g/mol. The number of benzene rings is 2. The van der Waals surface area contributed by atoms with E-state index in [0.717, 1.165) is 22.3 Å². The first kappa shape index (κ1) is 21.1. The van der Waals surface area contributed by atoms with Crippen molar-refractivity contribution < 1.29 is 9.72 Å². The van der Waals surface area contributed by atoms with Gasteiger partial charge in [-0.3, -0.25) is 19.8 Å². The van der Waals surface area contributed by atoms with E-state index >= 15 is 0 Å². The first-order chi connectivity index (χ1) is 15.3. The molecule has 1 atom stereocenters. The highest BCUT2D eigenvalue weighted by Gasteiger charge is 2.39. The zero-order valence-electron chi connectivity index (χ0n) is 18.4. The number of hydrogen-bond donors (Lipinski definition) is 0. The van der Waals surface area contributed by atoms with Crippen LogP contribution in [0, 0.1) is 21.4 Å². The third-order valence-electron chi connectivity index (χ3n) is 5.83. The van der Waals surface area contributed by atoms with Crippen molar-refractivity contribution in [2.24, 2.45) is 7.05 Å². The summed E-state index contributed by atoms with van der Waals surface area (Å²) in [5.74, 6) is 0.258. The van der Waals surface area contributed by atoms with E-state index < -0.39 is 10.8 Å². The Bertz CT molecular complexity index is 1310. The first-order valence-electron chi connectivity index (χ1n) is 10.2. The number of non-ortho nitro benzene ring substituents is 1. The van der Waals surface area contributed by atoms with Crippen molar-refractivity contribution in [3.05, 3.63) is 75.7 Å². The van der Waals surface area contributed by atoms with Crippen molar-refractivity contribution in [3.63, 3.8) is 0 Å². The lowest BCUT2D eigenvalue weighted by molar-refractivity contribution is -0.384. The zero-order chi connectivity index (χ0) is 23.2. The Morgan fingerprint density at radius 2 is 1.84 bits per heavy atom. The molecule has 0 aliphatic carbocycles. The van der Waals surface area contributed by atoms with E-state index in [2.05, 4.69) is 6.07 Å². The van der Waals surface area contributed by atoms with Crippen molar-refractivity contribution in [2.75, 3.05) is 19.0 Å². The smallest absolute Gasteiger partial charge is 0.269 e. The van der Waals surface area contributed by atoms with E-state index in [4.69, 9.17) is 0 Å². The molecule has 0 saturated carbocycles. The molecule has 8 heteroatoms. The minimum absolute atomic E-state index is 0.000785. The fourth-order valence-electron chi connectivity index (χ4n) is 4.58. The maximum absolute atomic E-state index is 12.2. The molecule has 4 rings (SSSR count). The van der Waals surface area contributed by atoms with Gasteiger partial charge in [0.25, 0.3) is 5.69 Å². The van der Waals surface area contributed by atoms with Gasteiger partial charge in [0.1, 0.15) is 11.6 Å². The summed E-state index contributed by atoms with van der Waals surface area (Å²) >= 11 is 0. The fraction of sp³-hybridized carbons (Fsp3) is 0.250. The third-order valence-corrected chi connectivity index (χ3v) is 5.83. The summed E-state index contributed by atoms with van der Waals surface area (Å²) in [7, 11) is 5.65. The van der Waals surface area contributed by atoms with E-state index in [1.807, 2.05) is 59.8 Å². The number of fused-ring (bicyclic) bond motifs is 3. The van der Waals surface area contributed by atoms with E-state index in [1.165, 1.54) is 19.1 Å². The van der Waals surface area contributed by atoms with Gasteiger partial charge in [0.05, 0.1) is 33.5 Å². The van der Waals surface area contributed by atoms with E-state index in [-0.39, 0.29) is 17.9 Å². The largest absolute Gasteiger partial charge is 0.363 e. The van der Waals surface area contributed by atoms with E-state index in [0.29, 0.717) is 17.1 Å². The number of allylic oxidation sites excluding steroid dienone is 1. The molecular formula is C24H23N5O3. The topological polar surface area (TPSA) is 95.4 Å². The summed E-state index contributed by atoms with van der Waals surface area (Å²) in [5.41, 5.74) is 3.92. The zero-order valence-corrected chi connectivity index (χ0v) is 18.4. The van der Waals surface area contributed by atoms with Crippen LogP contribution >= 0.6 is 0 Å². The fourth-order valence-corrected chi connectivity index (χ4v) is 4.58. The Labute approximate surface area is 185 Å². The predicted octanol–water partition coefficient (Wildman–Crippen LogP) is 4.60. The second-order valence-corrected chi connectivity index (χ2v) is 8.12. The van der Waals surface area contributed by atoms with Crippen molar-refractivity contribution >= 4 is 33.7 Å². The van der Waals surface area contributed by atoms with Crippen LogP contribution in [-0.2, 0) is 11.8 Å². The van der Waals surface area contributed by atoms with Gasteiger partial charge in [-0.1, -0.05) is 18.2 Å². The number of anilines is 2. The third kappa shape index (κ3) is 3.19. The Balaban J connectivity index is 2.10. The second-order valence-electron chi connectivity index (χ2n) is 8.12. The highest BCUT2D eigenvalue weighted by atomic mass is 16.6. The number of rotatable bonds is 5. The molecule has 1 aliphatic heterocycles. The van der Waals surface area contributed by atoms with Gasteiger partial charge in [0.2, 0.25) is 0 Å². The molecule has 2 heterocycles. The van der Waals surface area contributed by atoms with Gasteiger partial charge in [-0.15, -0.1) is 0 Å². The standard InChI is InChI=1S/C24H23N5O3/c1-15(30)13-19-20(14-25)24(26(2)3)28(16-9-11-17(12-10-16)29(31)32)23-18-7-5-6-8-21(18)27(4)22(19)23/h5-12,19H,13H2,1-4H3. The molecule has 2 aromatic carbocycles. The molecule has 0 spiro atoms. The van der Waals surface area contributed by atoms with Crippen LogP contribution in [0.25, 0.3) is 10.9 Å². The molecular weight excluding hydrogens is 406 g/mol. The van der Waals surface area contributed by atoms with Crippen molar-refractivity contribution in [1.82, 2.24) is 9.47 Å². The maximum atomic E-state index is 12.2. The average Bonchev–Trinajstić information content (AvgIpc) is 3.06. The van der Waals surface area contributed by atoms with Crippen LogP contribution < -0.4 is 4.90 Å². The summed E-state index contributed by atoms with van der Waals surface area (Å²) < 4.78 is 2.04. The van der Waals surface area contributed by atoms with Crippen LogP contribution in [0.1, 0.15) is 25.0 Å². The van der Waals surface area contributed by atoms with Crippen LogP contribution in [0.4, 0.5) is 17.1 Å². The molecule has 0 amide bonds. The summed E-state index contributed by atoms with van der Waals surface area (Å²) in [4.78, 5) is 26.8. The Kier molecular flexibility index (Phi) is 5.18. The molecule has 0 fully saturated rings. The SMILES string of the molecule is CC(=O)CC1C(C#N)=C(N(C)C)N(c2ccc([N+](=O)[O-])cc2)c2c1n(C)c1ccccc21. The Morgan fingerprint density at radius 1 is 1.19 bits per heavy atom. The number of carbonyl (C=O) groups excluding carboxylic acids is 1. The lowest BCUT2D eigenvalue weighted by Gasteiger charge is -2.39. The van der Waals surface area contributed by atoms with Crippen LogP contribution in [0.15, 0.2) is 59.9 Å².